The van der Waals surface area contributed by atoms with Crippen molar-refractivity contribution in [3.63, 3.8) is 0 Å². The van der Waals surface area contributed by atoms with Gasteiger partial charge in [-0.2, -0.15) is 0 Å². The fourth-order valence-corrected chi connectivity index (χ4v) is 0.577. The van der Waals surface area contributed by atoms with Crippen LogP contribution in [-0.4, -0.2) is 23.2 Å². The lowest BCUT2D eigenvalue weighted by atomic mass is 10.1. The predicted molar refractivity (Wildman–Crippen MR) is 60.1 cm³/mol. The Labute approximate surface area is 87.2 Å². The fourth-order valence-electron chi connectivity index (χ4n) is 0.577. The van der Waals surface area contributed by atoms with Crippen molar-refractivity contribution < 1.29 is 9.90 Å². The molecule has 2 N–H and O–H groups in total. The molecule has 0 saturated carbocycles. The standard InChI is InChI=1S/C9H17NO2.C2H6/c1-5-7(2)8(12)10-9(3,4)6-11;1-2/h5,11H,6H2,1-4H3,(H,10,12);1-2H3/b7-5+;. The van der Waals surface area contributed by atoms with E-state index in [9.17, 15) is 4.79 Å². The second-order valence-corrected chi connectivity index (χ2v) is 3.47. The van der Waals surface area contributed by atoms with Crippen molar-refractivity contribution >= 4 is 5.91 Å². The molecule has 0 atom stereocenters. The van der Waals surface area contributed by atoms with Gasteiger partial charge in [-0.25, -0.2) is 0 Å². The highest BCUT2D eigenvalue weighted by Gasteiger charge is 2.19. The van der Waals surface area contributed by atoms with E-state index in [1.54, 1.807) is 33.8 Å². The molecule has 1 amide bonds. The SMILES string of the molecule is C/C=C(\C)C(=O)NC(C)(C)CO.CC. The van der Waals surface area contributed by atoms with Gasteiger partial charge in [0.1, 0.15) is 0 Å². The van der Waals surface area contributed by atoms with Crippen molar-refractivity contribution in [2.45, 2.75) is 47.1 Å². The maximum absolute atomic E-state index is 11.3. The van der Waals surface area contributed by atoms with Crippen molar-refractivity contribution in [1.29, 1.82) is 0 Å². The van der Waals surface area contributed by atoms with E-state index in [0.29, 0.717) is 5.57 Å². The quantitative estimate of drug-likeness (QED) is 0.685. The molecule has 0 unspecified atom stereocenters. The van der Waals surface area contributed by atoms with Gasteiger partial charge in [0.15, 0.2) is 0 Å². The molecule has 0 rings (SSSR count). The minimum Gasteiger partial charge on any atom is -0.394 e. The summed E-state index contributed by atoms with van der Waals surface area (Å²) in [5.74, 6) is -0.128. The second kappa shape index (κ2) is 7.56. The van der Waals surface area contributed by atoms with Gasteiger partial charge >= 0.3 is 0 Å². The third-order valence-electron chi connectivity index (χ3n) is 1.64. The van der Waals surface area contributed by atoms with Crippen LogP contribution in [0.1, 0.15) is 41.5 Å². The number of aliphatic hydroxyl groups is 1. The van der Waals surface area contributed by atoms with Crippen molar-refractivity contribution in [2.75, 3.05) is 6.61 Å². The first-order chi connectivity index (χ1) is 6.43. The number of aliphatic hydroxyl groups excluding tert-OH is 1. The van der Waals surface area contributed by atoms with E-state index in [2.05, 4.69) is 5.32 Å². The minimum atomic E-state index is -0.540. The summed E-state index contributed by atoms with van der Waals surface area (Å²) in [6.45, 7) is 11.0. The van der Waals surface area contributed by atoms with Gasteiger partial charge in [0, 0.05) is 5.57 Å². The number of hydrogen-bond acceptors (Lipinski definition) is 2. The second-order valence-electron chi connectivity index (χ2n) is 3.47. The zero-order chi connectivity index (χ0) is 11.8. The lowest BCUT2D eigenvalue weighted by molar-refractivity contribution is -0.119. The Morgan fingerprint density at radius 1 is 1.43 bits per heavy atom. The molecule has 0 aromatic heterocycles. The lowest BCUT2D eigenvalue weighted by Gasteiger charge is -2.23. The highest BCUT2D eigenvalue weighted by molar-refractivity contribution is 5.93. The Kier molecular flexibility index (Phi) is 8.44. The highest BCUT2D eigenvalue weighted by atomic mass is 16.3. The summed E-state index contributed by atoms with van der Waals surface area (Å²) < 4.78 is 0. The summed E-state index contributed by atoms with van der Waals surface area (Å²) in [7, 11) is 0. The van der Waals surface area contributed by atoms with Gasteiger partial charge in [-0.15, -0.1) is 0 Å². The first kappa shape index (κ1) is 15.6. The number of amides is 1. The molecule has 84 valence electrons. The fraction of sp³-hybridized carbons (Fsp3) is 0.727. The van der Waals surface area contributed by atoms with E-state index < -0.39 is 5.54 Å². The van der Waals surface area contributed by atoms with Crippen LogP contribution in [-0.2, 0) is 4.79 Å². The molecule has 0 aromatic carbocycles. The van der Waals surface area contributed by atoms with Gasteiger partial charge in [0.05, 0.1) is 12.1 Å². The number of nitrogens with one attached hydrogen (secondary N) is 1. The number of allylic oxidation sites excluding steroid dienone is 1. The number of rotatable bonds is 3. The van der Waals surface area contributed by atoms with Crippen LogP contribution in [0.2, 0.25) is 0 Å². The van der Waals surface area contributed by atoms with Crippen molar-refractivity contribution in [3.8, 4) is 0 Å². The van der Waals surface area contributed by atoms with Crippen LogP contribution in [0, 0.1) is 0 Å². The third-order valence-corrected chi connectivity index (χ3v) is 1.64. The maximum Gasteiger partial charge on any atom is 0.247 e. The van der Waals surface area contributed by atoms with Crippen LogP contribution < -0.4 is 5.32 Å². The average Bonchev–Trinajstić information content (AvgIpc) is 2.19. The molecular formula is C11H23NO2. The predicted octanol–water partition coefficient (Wildman–Crippen LogP) is 1.87. The molecule has 3 heteroatoms. The Hall–Kier alpha value is -0.830. The molecule has 14 heavy (non-hydrogen) atoms. The highest BCUT2D eigenvalue weighted by Crippen LogP contribution is 2.02. The molecule has 0 aliphatic heterocycles. The minimum absolute atomic E-state index is 0.0598. The van der Waals surface area contributed by atoms with E-state index in [4.69, 9.17) is 5.11 Å². The summed E-state index contributed by atoms with van der Waals surface area (Å²) in [6, 6.07) is 0. The van der Waals surface area contributed by atoms with E-state index in [-0.39, 0.29) is 12.5 Å². The molecular weight excluding hydrogens is 178 g/mol. The topological polar surface area (TPSA) is 49.3 Å². The molecule has 0 heterocycles. The van der Waals surface area contributed by atoms with Crippen LogP contribution in [0.3, 0.4) is 0 Å². The van der Waals surface area contributed by atoms with Gasteiger partial charge in [0.2, 0.25) is 5.91 Å². The number of carbonyl (C=O) groups is 1. The zero-order valence-electron chi connectivity index (χ0n) is 10.1. The Morgan fingerprint density at radius 3 is 2.14 bits per heavy atom. The van der Waals surface area contributed by atoms with E-state index >= 15 is 0 Å². The summed E-state index contributed by atoms with van der Waals surface area (Å²) >= 11 is 0. The largest absolute Gasteiger partial charge is 0.394 e. The summed E-state index contributed by atoms with van der Waals surface area (Å²) in [4.78, 5) is 11.3. The molecule has 0 saturated heterocycles. The zero-order valence-corrected chi connectivity index (χ0v) is 10.1. The molecule has 0 bridgehead atoms. The summed E-state index contributed by atoms with van der Waals surface area (Å²) in [5, 5.41) is 11.6. The Balaban J connectivity index is 0. The van der Waals surface area contributed by atoms with Gasteiger partial charge in [-0.3, -0.25) is 4.79 Å². The molecule has 0 radical (unpaired) electrons. The van der Waals surface area contributed by atoms with Crippen molar-refractivity contribution in [3.05, 3.63) is 11.6 Å². The maximum atomic E-state index is 11.3. The van der Waals surface area contributed by atoms with E-state index in [1.807, 2.05) is 13.8 Å². The van der Waals surface area contributed by atoms with Crippen LogP contribution in [0.4, 0.5) is 0 Å². The summed E-state index contributed by atoms with van der Waals surface area (Å²) in [6.07, 6.45) is 1.74. The van der Waals surface area contributed by atoms with Crippen LogP contribution in [0.25, 0.3) is 0 Å². The van der Waals surface area contributed by atoms with E-state index in [1.165, 1.54) is 0 Å². The van der Waals surface area contributed by atoms with Gasteiger partial charge in [-0.05, 0) is 27.7 Å². The average molecular weight is 201 g/mol. The van der Waals surface area contributed by atoms with Crippen molar-refractivity contribution in [1.82, 2.24) is 5.32 Å². The summed E-state index contributed by atoms with van der Waals surface area (Å²) in [5.41, 5.74) is 0.123. The Morgan fingerprint density at radius 2 is 1.86 bits per heavy atom. The lowest BCUT2D eigenvalue weighted by Crippen LogP contribution is -2.46. The first-order valence-corrected chi connectivity index (χ1v) is 4.99. The normalized spacial score (nSPS) is 11.5. The van der Waals surface area contributed by atoms with Gasteiger partial charge in [0.25, 0.3) is 0 Å². The van der Waals surface area contributed by atoms with Crippen LogP contribution >= 0.6 is 0 Å². The van der Waals surface area contributed by atoms with Crippen LogP contribution in [0.15, 0.2) is 11.6 Å². The first-order valence-electron chi connectivity index (χ1n) is 4.99. The molecule has 0 aliphatic rings. The third kappa shape index (κ3) is 6.66. The molecule has 0 aliphatic carbocycles. The van der Waals surface area contributed by atoms with Crippen molar-refractivity contribution in [2.24, 2.45) is 0 Å². The molecule has 0 aromatic rings. The monoisotopic (exact) mass is 201 g/mol. The van der Waals surface area contributed by atoms with Crippen LogP contribution in [0.5, 0.6) is 0 Å². The molecule has 0 spiro atoms. The van der Waals surface area contributed by atoms with Gasteiger partial charge < -0.3 is 10.4 Å². The number of hydrogen-bond donors (Lipinski definition) is 2. The smallest absolute Gasteiger partial charge is 0.247 e. The molecule has 3 nitrogen and oxygen atoms in total. The number of carbonyl (C=O) groups excluding carboxylic acids is 1. The van der Waals surface area contributed by atoms with E-state index in [0.717, 1.165) is 0 Å². The Bertz CT molecular complexity index is 195. The molecule has 0 fully saturated rings. The van der Waals surface area contributed by atoms with Gasteiger partial charge in [-0.1, -0.05) is 19.9 Å².